The molecule has 0 saturated carbocycles. The Hall–Kier alpha value is -3.10. The van der Waals surface area contributed by atoms with E-state index in [0.29, 0.717) is 5.69 Å². The van der Waals surface area contributed by atoms with Crippen molar-refractivity contribution in [3.63, 3.8) is 0 Å². The number of nitro benzene ring substituents is 1. The molecule has 0 unspecified atom stereocenters. The molecule has 2 N–H and O–H groups in total. The number of rotatable bonds is 4. The highest BCUT2D eigenvalue weighted by Gasteiger charge is 2.32. The Morgan fingerprint density at radius 2 is 1.84 bits per heavy atom. The predicted molar refractivity (Wildman–Crippen MR) is 86.8 cm³/mol. The van der Waals surface area contributed by atoms with Crippen LogP contribution >= 0.6 is 0 Å². The Labute approximate surface area is 140 Å². The molecule has 132 valence electrons. The highest BCUT2D eigenvalue weighted by Crippen LogP contribution is 2.33. The Kier molecular flexibility index (Phi) is 4.96. The number of hydrogen-bond donors (Lipinski definition) is 2. The highest BCUT2D eigenvalue weighted by atomic mass is 19.4. The molecular formula is C16H14F3N3O3. The van der Waals surface area contributed by atoms with E-state index < -0.39 is 22.6 Å². The lowest BCUT2D eigenvalue weighted by Gasteiger charge is -2.14. The van der Waals surface area contributed by atoms with Gasteiger partial charge in [0.15, 0.2) is 0 Å². The number of amides is 1. The number of benzene rings is 2. The smallest absolute Gasteiger partial charge is 0.387 e. The molecule has 0 aliphatic rings. The van der Waals surface area contributed by atoms with Gasteiger partial charge in [0.1, 0.15) is 0 Å². The maximum Gasteiger partial charge on any atom is 0.416 e. The molecule has 25 heavy (non-hydrogen) atoms. The van der Waals surface area contributed by atoms with Crippen LogP contribution in [0.25, 0.3) is 0 Å². The summed E-state index contributed by atoms with van der Waals surface area (Å²) in [6.45, 7) is 1.31. The third-order valence-corrected chi connectivity index (χ3v) is 3.53. The first kappa shape index (κ1) is 18.2. The zero-order chi connectivity index (χ0) is 18.8. The second-order valence-electron chi connectivity index (χ2n) is 5.22. The van der Waals surface area contributed by atoms with E-state index in [0.717, 1.165) is 12.1 Å². The van der Waals surface area contributed by atoms with E-state index in [1.165, 1.54) is 38.2 Å². The number of aryl methyl sites for hydroxylation is 1. The highest BCUT2D eigenvalue weighted by molar-refractivity contribution is 6.08. The number of nitro groups is 1. The SMILES string of the molecule is CNc1ccc([N+](=O)[O-])cc1C(=O)Nc1ccc(C)c(C(F)(F)F)c1. The summed E-state index contributed by atoms with van der Waals surface area (Å²) in [7, 11) is 1.52. The standard InChI is InChI=1S/C16H14F3N3O3/c1-9-3-4-10(7-13(9)16(17,18)19)21-15(23)12-8-11(22(24)25)5-6-14(12)20-2/h3-8,20H,1-2H3,(H,21,23). The van der Waals surface area contributed by atoms with Crippen LogP contribution in [-0.4, -0.2) is 17.9 Å². The zero-order valence-corrected chi connectivity index (χ0v) is 13.3. The van der Waals surface area contributed by atoms with Crippen molar-refractivity contribution in [1.82, 2.24) is 0 Å². The molecule has 1 amide bonds. The number of non-ortho nitro benzene ring substituents is 1. The second kappa shape index (κ2) is 6.80. The molecular weight excluding hydrogens is 339 g/mol. The molecule has 2 aromatic rings. The summed E-state index contributed by atoms with van der Waals surface area (Å²) in [5, 5.41) is 15.9. The first-order valence-electron chi connectivity index (χ1n) is 7.09. The summed E-state index contributed by atoms with van der Waals surface area (Å²) < 4.78 is 38.9. The Morgan fingerprint density at radius 3 is 2.40 bits per heavy atom. The quantitative estimate of drug-likeness (QED) is 0.637. The number of halogens is 3. The molecule has 0 saturated heterocycles. The molecule has 0 aliphatic heterocycles. The fraction of sp³-hybridized carbons (Fsp3) is 0.188. The van der Waals surface area contributed by atoms with Gasteiger partial charge in [-0.15, -0.1) is 0 Å². The van der Waals surface area contributed by atoms with Gasteiger partial charge in [0.25, 0.3) is 11.6 Å². The molecule has 0 heterocycles. The summed E-state index contributed by atoms with van der Waals surface area (Å²) in [6, 6.07) is 7.02. The lowest BCUT2D eigenvalue weighted by atomic mass is 10.1. The Bertz CT molecular complexity index is 835. The lowest BCUT2D eigenvalue weighted by Crippen LogP contribution is -2.15. The zero-order valence-electron chi connectivity index (χ0n) is 13.3. The van der Waals surface area contributed by atoms with Gasteiger partial charge in [-0.25, -0.2) is 0 Å². The minimum Gasteiger partial charge on any atom is -0.387 e. The predicted octanol–water partition coefficient (Wildman–Crippen LogP) is 4.22. The van der Waals surface area contributed by atoms with Gasteiger partial charge in [-0.2, -0.15) is 13.2 Å². The summed E-state index contributed by atoms with van der Waals surface area (Å²) in [5.41, 5.74) is -0.937. The fourth-order valence-corrected chi connectivity index (χ4v) is 2.26. The maximum absolute atomic E-state index is 13.0. The lowest BCUT2D eigenvalue weighted by molar-refractivity contribution is -0.384. The molecule has 9 heteroatoms. The Morgan fingerprint density at radius 1 is 1.16 bits per heavy atom. The van der Waals surface area contributed by atoms with Gasteiger partial charge >= 0.3 is 6.18 Å². The third-order valence-electron chi connectivity index (χ3n) is 3.53. The van der Waals surface area contributed by atoms with Crippen molar-refractivity contribution < 1.29 is 22.9 Å². The van der Waals surface area contributed by atoms with Gasteiger partial charge < -0.3 is 10.6 Å². The van der Waals surface area contributed by atoms with Crippen LogP contribution in [0.1, 0.15) is 21.5 Å². The number of alkyl halides is 3. The summed E-state index contributed by atoms with van der Waals surface area (Å²) in [4.78, 5) is 22.6. The minimum atomic E-state index is -4.55. The first-order valence-corrected chi connectivity index (χ1v) is 7.09. The number of anilines is 2. The van der Waals surface area contributed by atoms with Crippen molar-refractivity contribution >= 4 is 23.0 Å². The van der Waals surface area contributed by atoms with E-state index in [2.05, 4.69) is 10.6 Å². The normalized spacial score (nSPS) is 11.1. The molecule has 0 spiro atoms. The molecule has 0 radical (unpaired) electrons. The second-order valence-corrected chi connectivity index (χ2v) is 5.22. The Balaban J connectivity index is 2.37. The van der Waals surface area contributed by atoms with E-state index in [1.54, 1.807) is 0 Å². The topological polar surface area (TPSA) is 84.3 Å². The molecule has 0 atom stereocenters. The molecule has 6 nitrogen and oxygen atoms in total. The third kappa shape index (κ3) is 4.06. The van der Waals surface area contributed by atoms with Gasteiger partial charge in [-0.05, 0) is 30.7 Å². The van der Waals surface area contributed by atoms with Crippen LogP contribution in [0.5, 0.6) is 0 Å². The van der Waals surface area contributed by atoms with Crippen LogP contribution < -0.4 is 10.6 Å². The number of hydrogen-bond acceptors (Lipinski definition) is 4. The average molecular weight is 353 g/mol. The number of nitrogens with one attached hydrogen (secondary N) is 2. The van der Waals surface area contributed by atoms with Crippen molar-refractivity contribution in [2.75, 3.05) is 17.7 Å². The maximum atomic E-state index is 13.0. The van der Waals surface area contributed by atoms with Crippen molar-refractivity contribution in [3.8, 4) is 0 Å². The first-order chi connectivity index (χ1) is 11.6. The van der Waals surface area contributed by atoms with E-state index >= 15 is 0 Å². The van der Waals surface area contributed by atoms with Crippen molar-refractivity contribution in [1.29, 1.82) is 0 Å². The molecule has 0 bridgehead atoms. The van der Waals surface area contributed by atoms with Gasteiger partial charge in [-0.1, -0.05) is 6.07 Å². The summed E-state index contributed by atoms with van der Waals surface area (Å²) >= 11 is 0. The molecule has 2 aromatic carbocycles. The molecule has 2 rings (SSSR count). The number of carbonyl (C=O) groups is 1. The van der Waals surface area contributed by atoms with E-state index in [-0.39, 0.29) is 22.5 Å². The van der Waals surface area contributed by atoms with Crippen molar-refractivity contribution in [3.05, 3.63) is 63.2 Å². The van der Waals surface area contributed by atoms with Crippen LogP contribution in [-0.2, 0) is 6.18 Å². The van der Waals surface area contributed by atoms with Crippen LogP contribution in [0, 0.1) is 17.0 Å². The van der Waals surface area contributed by atoms with Crippen LogP contribution in [0.4, 0.5) is 30.2 Å². The minimum absolute atomic E-state index is 0.0248. The monoisotopic (exact) mass is 353 g/mol. The largest absolute Gasteiger partial charge is 0.416 e. The number of nitrogens with zero attached hydrogens (tertiary/aromatic N) is 1. The van der Waals surface area contributed by atoms with Gasteiger partial charge in [0.2, 0.25) is 0 Å². The average Bonchev–Trinajstić information content (AvgIpc) is 2.54. The van der Waals surface area contributed by atoms with Crippen molar-refractivity contribution in [2.45, 2.75) is 13.1 Å². The molecule has 0 aliphatic carbocycles. The van der Waals surface area contributed by atoms with Gasteiger partial charge in [0.05, 0.1) is 16.1 Å². The van der Waals surface area contributed by atoms with E-state index in [9.17, 15) is 28.1 Å². The van der Waals surface area contributed by atoms with Crippen LogP contribution in [0.2, 0.25) is 0 Å². The summed E-state index contributed by atoms with van der Waals surface area (Å²) in [5.74, 6) is -0.759. The van der Waals surface area contributed by atoms with E-state index in [1.807, 2.05) is 0 Å². The van der Waals surface area contributed by atoms with Gasteiger partial charge in [-0.3, -0.25) is 14.9 Å². The van der Waals surface area contributed by atoms with Crippen LogP contribution in [0.3, 0.4) is 0 Å². The van der Waals surface area contributed by atoms with Gasteiger partial charge in [0, 0.05) is 30.6 Å². The molecule has 0 aromatic heterocycles. The van der Waals surface area contributed by atoms with Crippen molar-refractivity contribution in [2.24, 2.45) is 0 Å². The van der Waals surface area contributed by atoms with Crippen LogP contribution in [0.15, 0.2) is 36.4 Å². The molecule has 0 fully saturated rings. The summed E-state index contributed by atoms with van der Waals surface area (Å²) in [6.07, 6.45) is -4.55. The number of carbonyl (C=O) groups excluding carboxylic acids is 1. The van der Waals surface area contributed by atoms with E-state index in [4.69, 9.17) is 0 Å². The fourth-order valence-electron chi connectivity index (χ4n) is 2.26.